The molecule has 2 rings (SSSR count). The predicted octanol–water partition coefficient (Wildman–Crippen LogP) is 1.60. The van der Waals surface area contributed by atoms with Gasteiger partial charge in [0.2, 0.25) is 0 Å². The molecule has 0 aliphatic heterocycles. The van der Waals surface area contributed by atoms with Crippen LogP contribution in [0, 0.1) is 0 Å². The Morgan fingerprint density at radius 1 is 1.57 bits per heavy atom. The number of carboxylic acid groups (broad SMARTS) is 1. The van der Waals surface area contributed by atoms with Crippen LogP contribution in [0.4, 0.5) is 4.79 Å². The largest absolute Gasteiger partial charge is 0.465 e. The second-order valence-corrected chi connectivity index (χ2v) is 2.81. The maximum absolute atomic E-state index is 10.2. The Bertz CT molecular complexity index is 464. The van der Waals surface area contributed by atoms with Crippen molar-refractivity contribution in [2.75, 3.05) is 0 Å². The SMILES string of the molecule is O=C(O)NCc1ccc2ncoc2c1. The lowest BCUT2D eigenvalue weighted by Gasteiger charge is -1.99. The van der Waals surface area contributed by atoms with Crippen LogP contribution in [0.3, 0.4) is 0 Å². The van der Waals surface area contributed by atoms with Crippen molar-refractivity contribution >= 4 is 17.2 Å². The highest BCUT2D eigenvalue weighted by molar-refractivity contribution is 5.73. The Morgan fingerprint density at radius 3 is 3.21 bits per heavy atom. The number of benzene rings is 1. The fourth-order valence-corrected chi connectivity index (χ4v) is 1.19. The molecule has 1 aromatic carbocycles. The van der Waals surface area contributed by atoms with E-state index in [4.69, 9.17) is 9.52 Å². The van der Waals surface area contributed by atoms with Gasteiger partial charge in [0.05, 0.1) is 0 Å². The molecule has 5 nitrogen and oxygen atoms in total. The Balaban J connectivity index is 2.21. The van der Waals surface area contributed by atoms with Crippen molar-refractivity contribution in [3.63, 3.8) is 0 Å². The van der Waals surface area contributed by atoms with Crippen molar-refractivity contribution in [2.45, 2.75) is 6.54 Å². The number of amides is 1. The van der Waals surface area contributed by atoms with Crippen LogP contribution in [-0.2, 0) is 6.54 Å². The highest BCUT2D eigenvalue weighted by atomic mass is 16.4. The van der Waals surface area contributed by atoms with E-state index >= 15 is 0 Å². The second-order valence-electron chi connectivity index (χ2n) is 2.81. The Labute approximate surface area is 79.4 Å². The summed E-state index contributed by atoms with van der Waals surface area (Å²) in [6, 6.07) is 5.36. The Hall–Kier alpha value is -2.04. The van der Waals surface area contributed by atoms with Crippen LogP contribution in [0.2, 0.25) is 0 Å². The van der Waals surface area contributed by atoms with Crippen molar-refractivity contribution < 1.29 is 14.3 Å². The van der Waals surface area contributed by atoms with Crippen LogP contribution >= 0.6 is 0 Å². The number of fused-ring (bicyclic) bond motifs is 1. The fourth-order valence-electron chi connectivity index (χ4n) is 1.19. The third kappa shape index (κ3) is 1.66. The topological polar surface area (TPSA) is 75.4 Å². The van der Waals surface area contributed by atoms with E-state index in [1.807, 2.05) is 0 Å². The minimum Gasteiger partial charge on any atom is -0.465 e. The van der Waals surface area contributed by atoms with E-state index in [1.54, 1.807) is 18.2 Å². The van der Waals surface area contributed by atoms with E-state index in [9.17, 15) is 4.79 Å². The number of carbonyl (C=O) groups is 1. The lowest BCUT2D eigenvalue weighted by atomic mass is 10.2. The summed E-state index contributed by atoms with van der Waals surface area (Å²) < 4.78 is 5.08. The molecule has 72 valence electrons. The van der Waals surface area contributed by atoms with Gasteiger partial charge < -0.3 is 14.8 Å². The van der Waals surface area contributed by atoms with Crippen LogP contribution in [0.1, 0.15) is 5.56 Å². The molecule has 0 spiro atoms. The third-order valence-electron chi connectivity index (χ3n) is 1.84. The first kappa shape index (κ1) is 8.55. The van der Waals surface area contributed by atoms with Gasteiger partial charge in [-0.05, 0) is 17.7 Å². The number of rotatable bonds is 2. The van der Waals surface area contributed by atoms with Crippen molar-refractivity contribution in [1.82, 2.24) is 10.3 Å². The fraction of sp³-hybridized carbons (Fsp3) is 0.111. The summed E-state index contributed by atoms with van der Waals surface area (Å²) in [5.74, 6) is 0. The van der Waals surface area contributed by atoms with Crippen molar-refractivity contribution in [2.24, 2.45) is 0 Å². The summed E-state index contributed by atoms with van der Waals surface area (Å²) in [5.41, 5.74) is 2.27. The van der Waals surface area contributed by atoms with Crippen LogP contribution in [-0.4, -0.2) is 16.2 Å². The average molecular weight is 192 g/mol. The molecule has 0 saturated carbocycles. The number of nitrogens with zero attached hydrogens (tertiary/aromatic N) is 1. The molecule has 5 heteroatoms. The molecule has 2 aromatic rings. The van der Waals surface area contributed by atoms with E-state index in [-0.39, 0.29) is 6.54 Å². The molecule has 0 radical (unpaired) electrons. The van der Waals surface area contributed by atoms with Gasteiger partial charge in [-0.1, -0.05) is 6.07 Å². The molecule has 0 fully saturated rings. The average Bonchev–Trinajstić information content (AvgIpc) is 2.61. The van der Waals surface area contributed by atoms with Gasteiger partial charge in [-0.15, -0.1) is 0 Å². The Morgan fingerprint density at radius 2 is 2.43 bits per heavy atom. The molecular formula is C9H8N2O3. The summed E-state index contributed by atoms with van der Waals surface area (Å²) in [5, 5.41) is 10.7. The summed E-state index contributed by atoms with van der Waals surface area (Å²) in [6.07, 6.45) is 0.321. The van der Waals surface area contributed by atoms with Gasteiger partial charge in [-0.25, -0.2) is 9.78 Å². The quantitative estimate of drug-likeness (QED) is 0.757. The van der Waals surface area contributed by atoms with Crippen molar-refractivity contribution in [3.05, 3.63) is 30.2 Å². The number of aromatic nitrogens is 1. The van der Waals surface area contributed by atoms with E-state index < -0.39 is 6.09 Å². The third-order valence-corrected chi connectivity index (χ3v) is 1.84. The molecule has 1 aromatic heterocycles. The zero-order valence-corrected chi connectivity index (χ0v) is 7.23. The highest BCUT2D eigenvalue weighted by Crippen LogP contribution is 2.13. The van der Waals surface area contributed by atoms with Gasteiger partial charge in [-0.3, -0.25) is 0 Å². The number of oxazole rings is 1. The second kappa shape index (κ2) is 3.37. The first-order valence-electron chi connectivity index (χ1n) is 4.04. The molecule has 2 N–H and O–H groups in total. The predicted molar refractivity (Wildman–Crippen MR) is 48.9 cm³/mol. The highest BCUT2D eigenvalue weighted by Gasteiger charge is 2.01. The van der Waals surface area contributed by atoms with Gasteiger partial charge in [0.1, 0.15) is 5.52 Å². The molecule has 0 saturated heterocycles. The van der Waals surface area contributed by atoms with Crippen LogP contribution in [0.25, 0.3) is 11.1 Å². The first-order valence-corrected chi connectivity index (χ1v) is 4.04. The summed E-state index contributed by atoms with van der Waals surface area (Å²) in [7, 11) is 0. The van der Waals surface area contributed by atoms with E-state index in [0.717, 1.165) is 11.1 Å². The van der Waals surface area contributed by atoms with Crippen LogP contribution in [0.15, 0.2) is 29.0 Å². The maximum Gasteiger partial charge on any atom is 0.404 e. The molecule has 0 aliphatic rings. The van der Waals surface area contributed by atoms with Crippen LogP contribution < -0.4 is 5.32 Å². The normalized spacial score (nSPS) is 10.3. The van der Waals surface area contributed by atoms with E-state index in [2.05, 4.69) is 10.3 Å². The smallest absolute Gasteiger partial charge is 0.404 e. The summed E-state index contributed by atoms with van der Waals surface area (Å²) in [4.78, 5) is 14.2. The first-order chi connectivity index (χ1) is 6.75. The minimum absolute atomic E-state index is 0.270. The monoisotopic (exact) mass is 192 g/mol. The summed E-state index contributed by atoms with van der Waals surface area (Å²) in [6.45, 7) is 0.270. The molecule has 1 heterocycles. The zero-order valence-electron chi connectivity index (χ0n) is 7.23. The van der Waals surface area contributed by atoms with E-state index in [1.165, 1.54) is 6.39 Å². The Kier molecular flexibility index (Phi) is 2.06. The number of hydrogen-bond acceptors (Lipinski definition) is 3. The molecule has 0 aliphatic carbocycles. The zero-order chi connectivity index (χ0) is 9.97. The molecule has 0 unspecified atom stereocenters. The van der Waals surface area contributed by atoms with Gasteiger partial charge in [0.25, 0.3) is 0 Å². The van der Waals surface area contributed by atoms with Gasteiger partial charge >= 0.3 is 6.09 Å². The molecule has 1 amide bonds. The minimum atomic E-state index is -1.04. The van der Waals surface area contributed by atoms with Gasteiger partial charge in [0.15, 0.2) is 12.0 Å². The molecule has 0 atom stereocenters. The molecule has 14 heavy (non-hydrogen) atoms. The summed E-state index contributed by atoms with van der Waals surface area (Å²) >= 11 is 0. The van der Waals surface area contributed by atoms with Crippen LogP contribution in [0.5, 0.6) is 0 Å². The maximum atomic E-state index is 10.2. The number of nitrogens with one attached hydrogen (secondary N) is 1. The molecule has 0 bridgehead atoms. The van der Waals surface area contributed by atoms with Gasteiger partial charge in [0, 0.05) is 6.54 Å². The lowest BCUT2D eigenvalue weighted by Crippen LogP contribution is -2.19. The van der Waals surface area contributed by atoms with Gasteiger partial charge in [-0.2, -0.15) is 0 Å². The van der Waals surface area contributed by atoms with Crippen molar-refractivity contribution in [3.8, 4) is 0 Å². The number of hydrogen-bond donors (Lipinski definition) is 2. The standard InChI is InChI=1S/C9H8N2O3/c12-9(13)10-4-6-1-2-7-8(3-6)14-5-11-7/h1-3,5,10H,4H2,(H,12,13). The lowest BCUT2D eigenvalue weighted by molar-refractivity contribution is 0.194. The van der Waals surface area contributed by atoms with E-state index in [0.29, 0.717) is 5.58 Å². The van der Waals surface area contributed by atoms with Crippen molar-refractivity contribution in [1.29, 1.82) is 0 Å². The molecular weight excluding hydrogens is 184 g/mol.